The number of hydrogen-bond acceptors (Lipinski definition) is 3. The van der Waals surface area contributed by atoms with Gasteiger partial charge in [0.05, 0.1) is 6.54 Å². The first-order valence-corrected chi connectivity index (χ1v) is 6.82. The van der Waals surface area contributed by atoms with Crippen LogP contribution in [0.5, 0.6) is 5.75 Å². The Morgan fingerprint density at radius 1 is 1.40 bits per heavy atom. The summed E-state index contributed by atoms with van der Waals surface area (Å²) in [7, 11) is 0. The second-order valence-corrected chi connectivity index (χ2v) is 4.79. The van der Waals surface area contributed by atoms with E-state index in [1.807, 2.05) is 25.3 Å². The fraction of sp³-hybridized carbons (Fsp3) is 0.400. The number of ether oxygens (including phenoxy) is 1. The van der Waals surface area contributed by atoms with E-state index in [1.54, 1.807) is 10.9 Å². The third-order valence-corrected chi connectivity index (χ3v) is 3.10. The van der Waals surface area contributed by atoms with Gasteiger partial charge in [0.1, 0.15) is 18.2 Å². The minimum atomic E-state index is -0.292. The quantitative estimate of drug-likeness (QED) is 0.845. The number of aromatic nitrogens is 2. The van der Waals surface area contributed by atoms with Crippen molar-refractivity contribution in [2.75, 3.05) is 6.61 Å². The maximum atomic E-state index is 13.5. The highest BCUT2D eigenvalue weighted by atomic mass is 19.1. The SMILES string of the molecule is CCC(N)Cc1cc(F)cc(OCCn2cccn2)c1. The summed E-state index contributed by atoms with van der Waals surface area (Å²) < 4.78 is 20.9. The Labute approximate surface area is 118 Å². The number of nitrogens with two attached hydrogens (primary N) is 1. The van der Waals surface area contributed by atoms with E-state index in [-0.39, 0.29) is 11.9 Å². The normalized spacial score (nSPS) is 12.3. The summed E-state index contributed by atoms with van der Waals surface area (Å²) in [6, 6.07) is 6.65. The van der Waals surface area contributed by atoms with Crippen LogP contribution in [0.1, 0.15) is 18.9 Å². The van der Waals surface area contributed by atoms with Crippen molar-refractivity contribution in [1.82, 2.24) is 9.78 Å². The van der Waals surface area contributed by atoms with Crippen molar-refractivity contribution in [3.63, 3.8) is 0 Å². The fourth-order valence-electron chi connectivity index (χ4n) is 1.96. The highest BCUT2D eigenvalue weighted by Gasteiger charge is 2.06. The first-order chi connectivity index (χ1) is 9.67. The fourth-order valence-corrected chi connectivity index (χ4v) is 1.96. The summed E-state index contributed by atoms with van der Waals surface area (Å²) in [6.45, 7) is 3.10. The molecule has 0 saturated heterocycles. The molecule has 20 heavy (non-hydrogen) atoms. The standard InChI is InChI=1S/C15H20FN3O/c1-2-14(17)9-12-8-13(16)11-15(10-12)20-7-6-19-5-3-4-18-19/h3-5,8,10-11,14H,2,6-7,9,17H2,1H3. The second-order valence-electron chi connectivity index (χ2n) is 4.79. The number of benzene rings is 1. The zero-order valence-corrected chi connectivity index (χ0v) is 11.6. The summed E-state index contributed by atoms with van der Waals surface area (Å²) in [5.74, 6) is 0.246. The largest absolute Gasteiger partial charge is 0.492 e. The van der Waals surface area contributed by atoms with Crippen molar-refractivity contribution >= 4 is 0 Å². The average Bonchev–Trinajstić information content (AvgIpc) is 2.91. The molecule has 1 atom stereocenters. The zero-order chi connectivity index (χ0) is 14.4. The molecule has 0 fully saturated rings. The van der Waals surface area contributed by atoms with Gasteiger partial charge in [-0.15, -0.1) is 0 Å². The average molecular weight is 277 g/mol. The summed E-state index contributed by atoms with van der Waals surface area (Å²) in [5.41, 5.74) is 6.76. The number of hydrogen-bond donors (Lipinski definition) is 1. The lowest BCUT2D eigenvalue weighted by atomic mass is 10.0. The Bertz CT molecular complexity index is 528. The lowest BCUT2D eigenvalue weighted by molar-refractivity contribution is 0.289. The van der Waals surface area contributed by atoms with Crippen LogP contribution in [0, 0.1) is 5.82 Å². The maximum absolute atomic E-state index is 13.5. The van der Waals surface area contributed by atoms with Crippen LogP contribution in [-0.4, -0.2) is 22.4 Å². The van der Waals surface area contributed by atoms with Crippen molar-refractivity contribution in [2.45, 2.75) is 32.4 Å². The molecule has 2 rings (SSSR count). The summed E-state index contributed by atoms with van der Waals surface area (Å²) in [4.78, 5) is 0. The van der Waals surface area contributed by atoms with Gasteiger partial charge in [-0.05, 0) is 36.6 Å². The summed E-state index contributed by atoms with van der Waals surface area (Å²) >= 11 is 0. The molecule has 0 aliphatic carbocycles. The lowest BCUT2D eigenvalue weighted by Crippen LogP contribution is -2.21. The van der Waals surface area contributed by atoms with Crippen LogP contribution in [0.15, 0.2) is 36.7 Å². The van der Waals surface area contributed by atoms with Crippen LogP contribution >= 0.6 is 0 Å². The van der Waals surface area contributed by atoms with Crippen molar-refractivity contribution in [2.24, 2.45) is 5.73 Å². The Balaban J connectivity index is 1.93. The monoisotopic (exact) mass is 277 g/mol. The van der Waals surface area contributed by atoms with Gasteiger partial charge in [0, 0.05) is 24.5 Å². The van der Waals surface area contributed by atoms with Crippen molar-refractivity contribution < 1.29 is 9.13 Å². The van der Waals surface area contributed by atoms with E-state index in [9.17, 15) is 4.39 Å². The van der Waals surface area contributed by atoms with Crippen LogP contribution in [0.2, 0.25) is 0 Å². The molecule has 0 bridgehead atoms. The highest BCUT2D eigenvalue weighted by Crippen LogP contribution is 2.18. The van der Waals surface area contributed by atoms with E-state index in [0.717, 1.165) is 12.0 Å². The predicted octanol–water partition coefficient (Wildman–Crippen LogP) is 2.38. The summed E-state index contributed by atoms with van der Waals surface area (Å²) in [6.07, 6.45) is 5.10. The molecular formula is C15H20FN3O. The van der Waals surface area contributed by atoms with E-state index in [1.165, 1.54) is 12.1 Å². The molecular weight excluding hydrogens is 257 g/mol. The molecule has 0 radical (unpaired) electrons. The smallest absolute Gasteiger partial charge is 0.127 e. The van der Waals surface area contributed by atoms with Gasteiger partial charge in [-0.25, -0.2) is 4.39 Å². The molecule has 1 unspecified atom stereocenters. The van der Waals surface area contributed by atoms with E-state index < -0.39 is 0 Å². The maximum Gasteiger partial charge on any atom is 0.127 e. The van der Waals surface area contributed by atoms with Crippen molar-refractivity contribution in [1.29, 1.82) is 0 Å². The van der Waals surface area contributed by atoms with Crippen LogP contribution in [-0.2, 0) is 13.0 Å². The third-order valence-electron chi connectivity index (χ3n) is 3.10. The minimum absolute atomic E-state index is 0.0497. The molecule has 0 saturated carbocycles. The van der Waals surface area contributed by atoms with Gasteiger partial charge >= 0.3 is 0 Å². The molecule has 108 valence electrons. The van der Waals surface area contributed by atoms with Crippen molar-refractivity contribution in [3.05, 3.63) is 48.0 Å². The van der Waals surface area contributed by atoms with Gasteiger partial charge in [-0.3, -0.25) is 4.68 Å². The molecule has 0 amide bonds. The van der Waals surface area contributed by atoms with E-state index in [0.29, 0.717) is 25.3 Å². The topological polar surface area (TPSA) is 53.1 Å². The van der Waals surface area contributed by atoms with Crippen LogP contribution in [0.25, 0.3) is 0 Å². The van der Waals surface area contributed by atoms with E-state index >= 15 is 0 Å². The van der Waals surface area contributed by atoms with Gasteiger partial charge in [-0.1, -0.05) is 6.92 Å². The van der Waals surface area contributed by atoms with Crippen molar-refractivity contribution in [3.8, 4) is 5.75 Å². The molecule has 5 heteroatoms. The molecule has 2 aromatic rings. The van der Waals surface area contributed by atoms with Crippen LogP contribution in [0.4, 0.5) is 4.39 Å². The minimum Gasteiger partial charge on any atom is -0.492 e. The third kappa shape index (κ3) is 4.35. The molecule has 0 aliphatic rings. The molecule has 0 aliphatic heterocycles. The number of rotatable bonds is 7. The first-order valence-electron chi connectivity index (χ1n) is 6.82. The molecule has 0 spiro atoms. The Morgan fingerprint density at radius 2 is 2.25 bits per heavy atom. The Hall–Kier alpha value is -1.88. The lowest BCUT2D eigenvalue weighted by Gasteiger charge is -2.11. The highest BCUT2D eigenvalue weighted by molar-refractivity contribution is 5.30. The molecule has 1 heterocycles. The molecule has 4 nitrogen and oxygen atoms in total. The van der Waals surface area contributed by atoms with Crippen LogP contribution < -0.4 is 10.5 Å². The molecule has 1 aromatic heterocycles. The van der Waals surface area contributed by atoms with Gasteiger partial charge < -0.3 is 10.5 Å². The molecule has 2 N–H and O–H groups in total. The van der Waals surface area contributed by atoms with Gasteiger partial charge in [0.2, 0.25) is 0 Å². The second kappa shape index (κ2) is 7.05. The Morgan fingerprint density at radius 3 is 2.95 bits per heavy atom. The van der Waals surface area contributed by atoms with Gasteiger partial charge in [0.25, 0.3) is 0 Å². The van der Waals surface area contributed by atoms with Gasteiger partial charge in [-0.2, -0.15) is 5.10 Å². The number of halogens is 1. The number of nitrogens with zero attached hydrogens (tertiary/aromatic N) is 2. The molecule has 1 aromatic carbocycles. The Kier molecular flexibility index (Phi) is 5.12. The predicted molar refractivity (Wildman–Crippen MR) is 76.1 cm³/mol. The van der Waals surface area contributed by atoms with Gasteiger partial charge in [0.15, 0.2) is 0 Å². The summed E-state index contributed by atoms with van der Waals surface area (Å²) in [5, 5.41) is 4.08. The first kappa shape index (κ1) is 14.5. The van der Waals surface area contributed by atoms with E-state index in [4.69, 9.17) is 10.5 Å². The van der Waals surface area contributed by atoms with E-state index in [2.05, 4.69) is 5.10 Å². The zero-order valence-electron chi connectivity index (χ0n) is 11.6. The van der Waals surface area contributed by atoms with Crippen LogP contribution in [0.3, 0.4) is 0 Å².